The molecule has 2 amide bonds. The molecule has 1 N–H and O–H groups in total. The molecule has 0 heterocycles. The van der Waals surface area contributed by atoms with Crippen LogP contribution in [0, 0.1) is 0 Å². The molecule has 8 heteroatoms. The molecule has 0 aliphatic heterocycles. The van der Waals surface area contributed by atoms with Gasteiger partial charge in [0.1, 0.15) is 6.04 Å². The van der Waals surface area contributed by atoms with E-state index in [4.69, 9.17) is 0 Å². The van der Waals surface area contributed by atoms with Crippen LogP contribution in [0.5, 0.6) is 0 Å². The highest BCUT2D eigenvalue weighted by molar-refractivity contribution is 7.92. The Morgan fingerprint density at radius 3 is 2.18 bits per heavy atom. The lowest BCUT2D eigenvalue weighted by atomic mass is 10.1. The number of carbonyl (C=O) groups excluding carboxylic acids is 2. The average molecular weight is 486 g/mol. The highest BCUT2D eigenvalue weighted by Gasteiger charge is 2.28. The van der Waals surface area contributed by atoms with E-state index in [0.717, 1.165) is 31.2 Å². The van der Waals surface area contributed by atoms with E-state index < -0.39 is 16.1 Å². The van der Waals surface area contributed by atoms with Gasteiger partial charge in [0.15, 0.2) is 0 Å². The minimum absolute atomic E-state index is 0.141. The second-order valence-corrected chi connectivity index (χ2v) is 10.9. The molecule has 2 aromatic carbocycles. The van der Waals surface area contributed by atoms with Crippen molar-refractivity contribution in [3.63, 3.8) is 0 Å². The molecular formula is C26H35N3O4S. The van der Waals surface area contributed by atoms with Crippen LogP contribution in [0.15, 0.2) is 60.7 Å². The predicted octanol–water partition coefficient (Wildman–Crippen LogP) is 3.71. The third-order valence-corrected chi connectivity index (χ3v) is 7.46. The number of nitrogens with one attached hydrogen (secondary N) is 1. The minimum atomic E-state index is -3.48. The summed E-state index contributed by atoms with van der Waals surface area (Å²) in [6.45, 7) is 2.28. The number of rotatable bonds is 11. The third kappa shape index (κ3) is 7.32. The molecule has 1 fully saturated rings. The molecule has 34 heavy (non-hydrogen) atoms. The Labute approximate surface area is 203 Å². The summed E-state index contributed by atoms with van der Waals surface area (Å²) in [5.74, 6) is -0.308. The standard InChI is InChI=1S/C26H35N3O4S/c1-21(26(31)27-23-14-9-10-15-23)28(20-22-12-5-3-6-13-22)25(30)18-11-19-29(34(2,32)33)24-16-7-4-8-17-24/h3-8,12-13,16-17,21,23H,9-11,14-15,18-20H2,1-2H3,(H,27,31)/t21-/m1/s1. The molecule has 2 aromatic rings. The maximum absolute atomic E-state index is 13.3. The van der Waals surface area contributed by atoms with Crippen LogP contribution >= 0.6 is 0 Å². The van der Waals surface area contributed by atoms with Gasteiger partial charge in [-0.25, -0.2) is 8.42 Å². The van der Waals surface area contributed by atoms with Gasteiger partial charge in [0.05, 0.1) is 11.9 Å². The fraction of sp³-hybridized carbons (Fsp3) is 0.462. The van der Waals surface area contributed by atoms with Gasteiger partial charge in [-0.1, -0.05) is 61.4 Å². The minimum Gasteiger partial charge on any atom is -0.352 e. The fourth-order valence-corrected chi connectivity index (χ4v) is 5.32. The molecule has 0 saturated heterocycles. The molecule has 1 aliphatic rings. The smallest absolute Gasteiger partial charge is 0.242 e. The summed E-state index contributed by atoms with van der Waals surface area (Å²) < 4.78 is 26.0. The number of anilines is 1. The zero-order valence-corrected chi connectivity index (χ0v) is 20.8. The zero-order chi connectivity index (χ0) is 24.6. The molecule has 0 bridgehead atoms. The monoisotopic (exact) mass is 485 g/mol. The summed E-state index contributed by atoms with van der Waals surface area (Å²) in [5, 5.41) is 3.10. The molecular weight excluding hydrogens is 450 g/mol. The first-order valence-electron chi connectivity index (χ1n) is 11.9. The Kier molecular flexibility index (Phi) is 9.10. The molecule has 0 spiro atoms. The first-order valence-corrected chi connectivity index (χ1v) is 13.8. The number of carbonyl (C=O) groups is 2. The van der Waals surface area contributed by atoms with Crippen LogP contribution in [0.4, 0.5) is 5.69 Å². The topological polar surface area (TPSA) is 86.8 Å². The molecule has 7 nitrogen and oxygen atoms in total. The Bertz CT molecular complexity index is 1040. The van der Waals surface area contributed by atoms with Crippen molar-refractivity contribution in [2.45, 2.75) is 64.1 Å². The summed E-state index contributed by atoms with van der Waals surface area (Å²) in [5.41, 5.74) is 1.52. The van der Waals surface area contributed by atoms with Gasteiger partial charge in [0.25, 0.3) is 0 Å². The van der Waals surface area contributed by atoms with Crippen LogP contribution in [0.25, 0.3) is 0 Å². The highest BCUT2D eigenvalue weighted by Crippen LogP contribution is 2.20. The lowest BCUT2D eigenvalue weighted by Gasteiger charge is -2.30. The summed E-state index contributed by atoms with van der Waals surface area (Å²) in [6, 6.07) is 18.0. The van der Waals surface area contributed by atoms with Crippen molar-refractivity contribution >= 4 is 27.5 Å². The summed E-state index contributed by atoms with van der Waals surface area (Å²) in [4.78, 5) is 27.8. The third-order valence-electron chi connectivity index (χ3n) is 6.26. The van der Waals surface area contributed by atoms with Crippen molar-refractivity contribution in [1.82, 2.24) is 10.2 Å². The van der Waals surface area contributed by atoms with Gasteiger partial charge in [-0.2, -0.15) is 0 Å². The zero-order valence-electron chi connectivity index (χ0n) is 20.0. The Balaban J connectivity index is 1.68. The van der Waals surface area contributed by atoms with Crippen LogP contribution in [-0.4, -0.2) is 50.0 Å². The number of hydrogen-bond acceptors (Lipinski definition) is 4. The van der Waals surface area contributed by atoms with Crippen LogP contribution in [-0.2, 0) is 26.2 Å². The van der Waals surface area contributed by atoms with Crippen LogP contribution in [0.1, 0.15) is 51.0 Å². The molecule has 0 radical (unpaired) electrons. The van der Waals surface area contributed by atoms with Crippen molar-refractivity contribution in [2.24, 2.45) is 0 Å². The van der Waals surface area contributed by atoms with Crippen molar-refractivity contribution in [3.8, 4) is 0 Å². The van der Waals surface area contributed by atoms with E-state index >= 15 is 0 Å². The van der Waals surface area contributed by atoms with E-state index in [1.807, 2.05) is 36.4 Å². The molecule has 1 aliphatic carbocycles. The SMILES string of the molecule is C[C@H](C(=O)NC1CCCC1)N(Cc1ccccc1)C(=O)CCCN(c1ccccc1)S(C)(=O)=O. The Morgan fingerprint density at radius 2 is 1.59 bits per heavy atom. The van der Waals surface area contributed by atoms with E-state index in [9.17, 15) is 18.0 Å². The van der Waals surface area contributed by atoms with Gasteiger partial charge in [-0.3, -0.25) is 13.9 Å². The van der Waals surface area contributed by atoms with Gasteiger partial charge in [0.2, 0.25) is 21.8 Å². The van der Waals surface area contributed by atoms with Crippen molar-refractivity contribution in [3.05, 3.63) is 66.2 Å². The average Bonchev–Trinajstić information content (AvgIpc) is 3.33. The van der Waals surface area contributed by atoms with Crippen molar-refractivity contribution < 1.29 is 18.0 Å². The summed E-state index contributed by atoms with van der Waals surface area (Å²) >= 11 is 0. The largest absolute Gasteiger partial charge is 0.352 e. The fourth-order valence-electron chi connectivity index (χ4n) is 4.35. The number of amides is 2. The van der Waals surface area contributed by atoms with E-state index in [1.165, 1.54) is 10.6 Å². The quantitative estimate of drug-likeness (QED) is 0.526. The maximum atomic E-state index is 13.3. The van der Waals surface area contributed by atoms with Crippen LogP contribution in [0.3, 0.4) is 0 Å². The number of sulfonamides is 1. The number of benzene rings is 2. The van der Waals surface area contributed by atoms with Crippen molar-refractivity contribution in [2.75, 3.05) is 17.1 Å². The second kappa shape index (κ2) is 12.0. The second-order valence-electron chi connectivity index (χ2n) is 8.95. The van der Waals surface area contributed by atoms with Gasteiger partial charge in [0, 0.05) is 25.6 Å². The van der Waals surface area contributed by atoms with Gasteiger partial charge in [-0.05, 0) is 43.9 Å². The van der Waals surface area contributed by atoms with E-state index in [2.05, 4.69) is 5.32 Å². The highest BCUT2D eigenvalue weighted by atomic mass is 32.2. The van der Waals surface area contributed by atoms with Gasteiger partial charge < -0.3 is 10.2 Å². The van der Waals surface area contributed by atoms with E-state index in [-0.39, 0.29) is 30.8 Å². The number of hydrogen-bond donors (Lipinski definition) is 1. The molecule has 184 valence electrons. The van der Waals surface area contributed by atoms with Crippen LogP contribution in [0.2, 0.25) is 0 Å². The summed E-state index contributed by atoms with van der Waals surface area (Å²) in [7, 11) is -3.48. The Morgan fingerprint density at radius 1 is 1.00 bits per heavy atom. The summed E-state index contributed by atoms with van der Waals surface area (Å²) in [6.07, 6.45) is 5.85. The Hall–Kier alpha value is -2.87. The lowest BCUT2D eigenvalue weighted by Crippen LogP contribution is -2.49. The van der Waals surface area contributed by atoms with Gasteiger partial charge in [-0.15, -0.1) is 0 Å². The van der Waals surface area contributed by atoms with Crippen molar-refractivity contribution in [1.29, 1.82) is 0 Å². The molecule has 0 unspecified atom stereocenters. The number of nitrogens with zero attached hydrogens (tertiary/aromatic N) is 2. The number of para-hydroxylation sites is 1. The van der Waals surface area contributed by atoms with Crippen LogP contribution < -0.4 is 9.62 Å². The first-order chi connectivity index (χ1) is 16.3. The predicted molar refractivity (Wildman–Crippen MR) is 135 cm³/mol. The molecule has 0 aromatic heterocycles. The first kappa shape index (κ1) is 25.7. The molecule has 3 rings (SSSR count). The normalized spacial score (nSPS) is 15.0. The van der Waals surface area contributed by atoms with Gasteiger partial charge >= 0.3 is 0 Å². The molecule has 1 saturated carbocycles. The lowest BCUT2D eigenvalue weighted by molar-refractivity contribution is -0.141. The van der Waals surface area contributed by atoms with E-state index in [0.29, 0.717) is 18.7 Å². The van der Waals surface area contributed by atoms with E-state index in [1.54, 1.807) is 36.1 Å². The molecule has 1 atom stereocenters. The maximum Gasteiger partial charge on any atom is 0.242 e.